The number of aromatic nitrogens is 1. The summed E-state index contributed by atoms with van der Waals surface area (Å²) in [5, 5.41) is 13.3. The first-order chi connectivity index (χ1) is 11.1. The van der Waals surface area contributed by atoms with E-state index in [2.05, 4.69) is 10.3 Å². The number of methoxy groups -OCH3 is 1. The Hall–Kier alpha value is -3.28. The van der Waals surface area contributed by atoms with E-state index >= 15 is 0 Å². The molecule has 0 radical (unpaired) electrons. The van der Waals surface area contributed by atoms with Gasteiger partial charge in [0, 0.05) is 11.1 Å². The van der Waals surface area contributed by atoms with Gasteiger partial charge in [-0.05, 0) is 36.4 Å². The molecular weight excluding hydrogens is 296 g/mol. The standard InChI is InChI=1S/C17H14N2O4/c1-23-11-8-6-10(7-9-11)18-16(21)14-15(20)12-4-2-3-5-13(12)19-17(14)22/h2-9H,1H3,(H,18,21)(H2,19,20,22). The lowest BCUT2D eigenvalue weighted by molar-refractivity contribution is 0.102. The van der Waals surface area contributed by atoms with Crippen LogP contribution in [0.25, 0.3) is 10.9 Å². The van der Waals surface area contributed by atoms with Gasteiger partial charge < -0.3 is 20.1 Å². The third-order valence-corrected chi connectivity index (χ3v) is 3.47. The van der Waals surface area contributed by atoms with Crippen LogP contribution in [-0.4, -0.2) is 23.1 Å². The second-order valence-corrected chi connectivity index (χ2v) is 4.91. The zero-order valence-corrected chi connectivity index (χ0v) is 12.3. The average Bonchev–Trinajstić information content (AvgIpc) is 2.55. The normalized spacial score (nSPS) is 10.5. The van der Waals surface area contributed by atoms with Crippen molar-refractivity contribution in [1.29, 1.82) is 0 Å². The molecule has 3 rings (SSSR count). The molecule has 0 spiro atoms. The number of H-pyrrole nitrogens is 1. The Bertz CT molecular complexity index is 929. The summed E-state index contributed by atoms with van der Waals surface area (Å²) in [5.74, 6) is -0.371. The second kappa shape index (κ2) is 5.84. The Morgan fingerprint density at radius 2 is 1.83 bits per heavy atom. The van der Waals surface area contributed by atoms with Crippen molar-refractivity contribution < 1.29 is 14.6 Å². The number of pyridine rings is 1. The molecule has 0 aliphatic heterocycles. The first-order valence-corrected chi connectivity index (χ1v) is 6.89. The van der Waals surface area contributed by atoms with Crippen molar-refractivity contribution in [1.82, 2.24) is 4.98 Å². The molecule has 1 amide bonds. The number of amides is 1. The Balaban J connectivity index is 1.98. The minimum absolute atomic E-state index is 0.320. The molecule has 6 heteroatoms. The number of hydrogen-bond donors (Lipinski definition) is 3. The van der Waals surface area contributed by atoms with Crippen LogP contribution in [-0.2, 0) is 0 Å². The van der Waals surface area contributed by atoms with Crippen molar-refractivity contribution in [2.24, 2.45) is 0 Å². The number of aromatic hydroxyl groups is 1. The van der Waals surface area contributed by atoms with E-state index in [-0.39, 0.29) is 11.3 Å². The van der Waals surface area contributed by atoms with Gasteiger partial charge in [0.25, 0.3) is 11.5 Å². The second-order valence-electron chi connectivity index (χ2n) is 4.91. The minimum atomic E-state index is -0.681. The number of benzene rings is 2. The quantitative estimate of drug-likeness (QED) is 0.693. The maximum atomic E-state index is 12.3. The molecule has 1 aromatic heterocycles. The molecule has 0 atom stereocenters. The minimum Gasteiger partial charge on any atom is -0.506 e. The van der Waals surface area contributed by atoms with E-state index < -0.39 is 11.5 Å². The molecular formula is C17H14N2O4. The van der Waals surface area contributed by atoms with Crippen LogP contribution in [0.3, 0.4) is 0 Å². The number of anilines is 1. The van der Waals surface area contributed by atoms with Gasteiger partial charge in [-0.3, -0.25) is 9.59 Å². The van der Waals surface area contributed by atoms with E-state index in [0.717, 1.165) is 0 Å². The molecule has 0 fully saturated rings. The Kier molecular flexibility index (Phi) is 3.72. The number of rotatable bonds is 3. The summed E-state index contributed by atoms with van der Waals surface area (Å²) < 4.78 is 5.04. The van der Waals surface area contributed by atoms with Crippen LogP contribution in [0.2, 0.25) is 0 Å². The molecule has 6 nitrogen and oxygen atoms in total. The predicted molar refractivity (Wildman–Crippen MR) is 87.2 cm³/mol. The molecule has 0 saturated carbocycles. The highest BCUT2D eigenvalue weighted by molar-refractivity contribution is 6.08. The van der Waals surface area contributed by atoms with Gasteiger partial charge in [-0.15, -0.1) is 0 Å². The SMILES string of the molecule is COc1ccc(NC(=O)c2c(O)c3ccccc3[nH]c2=O)cc1. The maximum absolute atomic E-state index is 12.3. The van der Waals surface area contributed by atoms with Gasteiger partial charge in [-0.1, -0.05) is 12.1 Å². The maximum Gasteiger partial charge on any atom is 0.265 e. The highest BCUT2D eigenvalue weighted by atomic mass is 16.5. The lowest BCUT2D eigenvalue weighted by Crippen LogP contribution is -2.23. The van der Waals surface area contributed by atoms with E-state index in [1.54, 1.807) is 55.6 Å². The van der Waals surface area contributed by atoms with E-state index in [1.807, 2.05) is 0 Å². The molecule has 0 bridgehead atoms. The monoisotopic (exact) mass is 310 g/mol. The van der Waals surface area contributed by atoms with Crippen LogP contribution in [0.5, 0.6) is 11.5 Å². The van der Waals surface area contributed by atoms with Crippen LogP contribution in [0.4, 0.5) is 5.69 Å². The molecule has 23 heavy (non-hydrogen) atoms. The van der Waals surface area contributed by atoms with Crippen molar-refractivity contribution >= 4 is 22.5 Å². The fourth-order valence-corrected chi connectivity index (χ4v) is 2.30. The molecule has 3 N–H and O–H groups in total. The van der Waals surface area contributed by atoms with Gasteiger partial charge >= 0.3 is 0 Å². The molecule has 0 saturated heterocycles. The van der Waals surface area contributed by atoms with Gasteiger partial charge in [0.15, 0.2) is 0 Å². The van der Waals surface area contributed by atoms with Crippen LogP contribution >= 0.6 is 0 Å². The van der Waals surface area contributed by atoms with Crippen LogP contribution < -0.4 is 15.6 Å². The van der Waals surface area contributed by atoms with E-state index in [0.29, 0.717) is 22.3 Å². The smallest absolute Gasteiger partial charge is 0.265 e. The summed E-state index contributed by atoms with van der Waals surface area (Å²) in [4.78, 5) is 27.0. The Morgan fingerprint density at radius 3 is 2.52 bits per heavy atom. The Morgan fingerprint density at radius 1 is 1.13 bits per heavy atom. The molecule has 0 aliphatic rings. The van der Waals surface area contributed by atoms with Gasteiger partial charge in [0.2, 0.25) is 0 Å². The number of nitrogens with one attached hydrogen (secondary N) is 2. The topological polar surface area (TPSA) is 91.4 Å². The van der Waals surface area contributed by atoms with E-state index in [1.165, 1.54) is 0 Å². The van der Waals surface area contributed by atoms with Gasteiger partial charge in [-0.2, -0.15) is 0 Å². The van der Waals surface area contributed by atoms with Crippen molar-refractivity contribution in [2.45, 2.75) is 0 Å². The number of para-hydroxylation sites is 1. The fourth-order valence-electron chi connectivity index (χ4n) is 2.30. The summed E-state index contributed by atoms with van der Waals surface area (Å²) in [6, 6.07) is 13.4. The number of carbonyl (C=O) groups excluding carboxylic acids is 1. The highest BCUT2D eigenvalue weighted by Gasteiger charge is 2.19. The molecule has 116 valence electrons. The highest BCUT2D eigenvalue weighted by Crippen LogP contribution is 2.25. The fraction of sp³-hybridized carbons (Fsp3) is 0.0588. The van der Waals surface area contributed by atoms with Crippen LogP contribution in [0, 0.1) is 0 Å². The van der Waals surface area contributed by atoms with Crippen molar-refractivity contribution in [2.75, 3.05) is 12.4 Å². The average molecular weight is 310 g/mol. The number of hydrogen-bond acceptors (Lipinski definition) is 4. The number of aromatic amines is 1. The first kappa shape index (κ1) is 14.6. The molecule has 0 aliphatic carbocycles. The number of carbonyl (C=O) groups is 1. The summed E-state index contributed by atoms with van der Waals surface area (Å²) in [5.41, 5.74) is -0.00881. The van der Waals surface area contributed by atoms with Crippen molar-refractivity contribution in [3.8, 4) is 11.5 Å². The summed E-state index contributed by atoms with van der Waals surface area (Å²) in [7, 11) is 1.54. The zero-order valence-electron chi connectivity index (χ0n) is 12.3. The predicted octanol–water partition coefficient (Wildman–Crippen LogP) is 2.49. The summed E-state index contributed by atoms with van der Waals surface area (Å²) in [6.07, 6.45) is 0. The molecule has 1 heterocycles. The number of ether oxygens (including phenoxy) is 1. The lowest BCUT2D eigenvalue weighted by atomic mass is 10.1. The number of fused-ring (bicyclic) bond motifs is 1. The van der Waals surface area contributed by atoms with Gasteiger partial charge in [0.1, 0.15) is 17.1 Å². The molecule has 0 unspecified atom stereocenters. The third kappa shape index (κ3) is 2.74. The molecule has 3 aromatic rings. The van der Waals surface area contributed by atoms with Crippen LogP contribution in [0.1, 0.15) is 10.4 Å². The van der Waals surface area contributed by atoms with E-state index in [9.17, 15) is 14.7 Å². The van der Waals surface area contributed by atoms with Gasteiger partial charge in [-0.25, -0.2) is 0 Å². The summed E-state index contributed by atoms with van der Waals surface area (Å²) >= 11 is 0. The largest absolute Gasteiger partial charge is 0.506 e. The lowest BCUT2D eigenvalue weighted by Gasteiger charge is -2.09. The Labute approximate surface area is 131 Å². The van der Waals surface area contributed by atoms with E-state index in [4.69, 9.17) is 4.74 Å². The zero-order chi connectivity index (χ0) is 16.4. The summed E-state index contributed by atoms with van der Waals surface area (Å²) in [6.45, 7) is 0. The van der Waals surface area contributed by atoms with Crippen molar-refractivity contribution in [3.05, 3.63) is 64.4 Å². The first-order valence-electron chi connectivity index (χ1n) is 6.89. The van der Waals surface area contributed by atoms with Crippen LogP contribution in [0.15, 0.2) is 53.3 Å². The van der Waals surface area contributed by atoms with Crippen molar-refractivity contribution in [3.63, 3.8) is 0 Å². The molecule has 2 aromatic carbocycles. The van der Waals surface area contributed by atoms with Gasteiger partial charge in [0.05, 0.1) is 12.6 Å². The third-order valence-electron chi connectivity index (χ3n) is 3.47.